The van der Waals surface area contributed by atoms with Gasteiger partial charge in [0, 0.05) is 28.2 Å². The summed E-state index contributed by atoms with van der Waals surface area (Å²) in [6, 6.07) is 0. The van der Waals surface area contributed by atoms with E-state index in [4.69, 9.17) is 0 Å². The van der Waals surface area contributed by atoms with Crippen molar-refractivity contribution in [2.24, 2.45) is 0 Å². The van der Waals surface area contributed by atoms with Crippen LogP contribution in [0.4, 0.5) is 0 Å². The van der Waals surface area contributed by atoms with Crippen molar-refractivity contribution in [2.75, 3.05) is 41.9 Å². The molecule has 68 valence electrons. The predicted octanol–water partition coefficient (Wildman–Crippen LogP) is 0.823. The van der Waals surface area contributed by atoms with Crippen molar-refractivity contribution in [2.45, 2.75) is 0 Å². The van der Waals surface area contributed by atoms with Crippen LogP contribution in [0, 0.1) is 0 Å². The van der Waals surface area contributed by atoms with Crippen molar-refractivity contribution in [3.05, 3.63) is 0 Å². The second-order valence-electron chi connectivity index (χ2n) is 3.05. The molecule has 0 saturated heterocycles. The van der Waals surface area contributed by atoms with Gasteiger partial charge in [-0.2, -0.15) is 9.34 Å². The third-order valence-electron chi connectivity index (χ3n) is 2.06. The van der Waals surface area contributed by atoms with Gasteiger partial charge in [0.25, 0.3) is 0 Å². The van der Waals surface area contributed by atoms with Crippen molar-refractivity contribution < 1.29 is 5.21 Å². The van der Waals surface area contributed by atoms with E-state index in [1.165, 1.54) is 4.83 Å². The van der Waals surface area contributed by atoms with E-state index in [-0.39, 0.29) is 0 Å². The molecule has 0 rings (SSSR count). The average molecular weight is 180 g/mol. The van der Waals surface area contributed by atoms with E-state index in [2.05, 4.69) is 0 Å². The van der Waals surface area contributed by atoms with Gasteiger partial charge in [0.1, 0.15) is 0 Å². The Morgan fingerprint density at radius 1 is 0.909 bits per heavy atom. The fourth-order valence-corrected chi connectivity index (χ4v) is 2.63. The van der Waals surface area contributed by atoms with Gasteiger partial charge in [-0.3, -0.25) is 5.21 Å². The van der Waals surface area contributed by atoms with E-state index in [1.54, 1.807) is 7.05 Å². The Bertz CT molecular complexity index is 105. The van der Waals surface area contributed by atoms with Crippen molar-refractivity contribution in [1.82, 2.24) is 14.2 Å². The number of rotatable bonds is 3. The second-order valence-corrected chi connectivity index (χ2v) is 6.97. The smallest absolute Gasteiger partial charge is 0.249 e. The first kappa shape index (κ1) is 11.3. The lowest BCUT2D eigenvalue weighted by molar-refractivity contribution is 0.0191. The minimum absolute atomic E-state index is 1.30. The van der Waals surface area contributed by atoms with Crippen LogP contribution in [0.25, 0.3) is 0 Å². The van der Waals surface area contributed by atoms with Crippen LogP contribution in [0.15, 0.2) is 0 Å². The van der Waals surface area contributed by atoms with Crippen LogP contribution in [0.2, 0.25) is 0 Å². The van der Waals surface area contributed by atoms with Crippen molar-refractivity contribution >= 4 is 7.71 Å². The molecule has 0 bridgehead atoms. The first-order valence-corrected chi connectivity index (χ1v) is 5.58. The van der Waals surface area contributed by atoms with E-state index in [9.17, 15) is 5.21 Å². The largest absolute Gasteiger partial charge is 0.280 e. The highest BCUT2D eigenvalue weighted by molar-refractivity contribution is 7.67. The quantitative estimate of drug-likeness (QED) is 0.514. The second kappa shape index (κ2) is 3.78. The monoisotopic (exact) mass is 180 g/mol. The zero-order valence-corrected chi connectivity index (χ0v) is 9.13. The van der Waals surface area contributed by atoms with E-state index in [0.29, 0.717) is 0 Å². The summed E-state index contributed by atoms with van der Waals surface area (Å²) in [5.74, 6) is 0. The maximum Gasteiger partial charge on any atom is 0.249 e. The van der Waals surface area contributed by atoms with Crippen LogP contribution in [0.3, 0.4) is 0 Å². The molecule has 11 heavy (non-hydrogen) atoms. The van der Waals surface area contributed by atoms with E-state index >= 15 is 0 Å². The van der Waals surface area contributed by atoms with Crippen LogP contribution in [-0.4, -0.2) is 61.3 Å². The van der Waals surface area contributed by atoms with Crippen molar-refractivity contribution in [3.8, 4) is 0 Å². The molecule has 0 saturated carbocycles. The molecule has 0 aliphatic heterocycles. The van der Waals surface area contributed by atoms with Crippen LogP contribution in [0.5, 0.6) is 0 Å². The van der Waals surface area contributed by atoms with Gasteiger partial charge in [0.2, 0.25) is 7.71 Å². The fourth-order valence-electron chi connectivity index (χ4n) is 0.876. The maximum atomic E-state index is 9.41. The zero-order chi connectivity index (χ0) is 9.23. The molecule has 1 N–H and O–H groups in total. The highest BCUT2D eigenvalue weighted by atomic mass is 31.2. The Kier molecular flexibility index (Phi) is 3.88. The van der Waals surface area contributed by atoms with Crippen LogP contribution in [-0.2, 0) is 0 Å². The minimum Gasteiger partial charge on any atom is -0.280 e. The van der Waals surface area contributed by atoms with Gasteiger partial charge in [-0.1, -0.05) is 0 Å². The molecular formula is C6H19N3OP+. The van der Waals surface area contributed by atoms with Crippen LogP contribution in [0.1, 0.15) is 0 Å². The van der Waals surface area contributed by atoms with Gasteiger partial charge in [-0.05, 0) is 4.83 Å². The fraction of sp³-hybridized carbons (Fsp3) is 1.00. The summed E-state index contributed by atoms with van der Waals surface area (Å²) < 4.78 is 4.10. The Morgan fingerprint density at radius 2 is 1.18 bits per heavy atom. The summed E-state index contributed by atoms with van der Waals surface area (Å²) in [5.41, 5.74) is 0. The Morgan fingerprint density at radius 3 is 1.18 bits per heavy atom. The summed E-state index contributed by atoms with van der Waals surface area (Å²) in [5, 5.41) is 9.41. The molecular weight excluding hydrogens is 161 g/mol. The third-order valence-corrected chi connectivity index (χ3v) is 6.19. The van der Waals surface area contributed by atoms with E-state index in [0.717, 1.165) is 0 Å². The molecule has 0 aromatic rings. The molecule has 5 heteroatoms. The average Bonchev–Trinajstić information content (AvgIpc) is 1.84. The Labute approximate surface area is 69.8 Å². The molecule has 4 nitrogen and oxygen atoms in total. The highest BCUT2D eigenvalue weighted by Crippen LogP contribution is 2.59. The SMILES string of the molecule is CN(C)[P+](C)(N(C)C)N(C)O. The topological polar surface area (TPSA) is 30.0 Å². The number of hydrogen-bond acceptors (Lipinski definition) is 4. The lowest BCUT2D eigenvalue weighted by Gasteiger charge is -2.35. The lowest BCUT2D eigenvalue weighted by atomic mass is 11.3. The summed E-state index contributed by atoms with van der Waals surface area (Å²) in [6.07, 6.45) is 0. The molecule has 0 aromatic carbocycles. The summed E-state index contributed by atoms with van der Waals surface area (Å²) in [7, 11) is 7.95. The van der Waals surface area contributed by atoms with Crippen LogP contribution < -0.4 is 0 Å². The predicted molar refractivity (Wildman–Crippen MR) is 49.8 cm³/mol. The summed E-state index contributed by atoms with van der Waals surface area (Å²) in [4.78, 5) is 1.30. The maximum absolute atomic E-state index is 9.41. The van der Waals surface area contributed by atoms with Gasteiger partial charge >= 0.3 is 0 Å². The summed E-state index contributed by atoms with van der Waals surface area (Å²) >= 11 is 0. The molecule has 0 amide bonds. The molecule has 0 radical (unpaired) electrons. The van der Waals surface area contributed by atoms with Gasteiger partial charge in [0.15, 0.2) is 0 Å². The van der Waals surface area contributed by atoms with Gasteiger partial charge in [-0.15, -0.1) is 0 Å². The van der Waals surface area contributed by atoms with E-state index < -0.39 is 7.71 Å². The summed E-state index contributed by atoms with van der Waals surface area (Å²) in [6.45, 7) is 2.05. The molecule has 0 spiro atoms. The molecule has 0 fully saturated rings. The van der Waals surface area contributed by atoms with Gasteiger partial charge in [-0.25, -0.2) is 0 Å². The third kappa shape index (κ3) is 2.10. The minimum atomic E-state index is -1.63. The lowest BCUT2D eigenvalue weighted by Crippen LogP contribution is -2.35. The first-order valence-electron chi connectivity index (χ1n) is 3.48. The molecule has 0 unspecified atom stereocenters. The molecule has 0 aliphatic rings. The van der Waals surface area contributed by atoms with Gasteiger partial charge < -0.3 is 0 Å². The van der Waals surface area contributed by atoms with E-state index in [1.807, 2.05) is 44.2 Å². The standard InChI is InChI=1S/C6H19N3OP/c1-7(2)11(6,8(3)4)9(5)10/h10H,1-6H3/q+1. The Balaban J connectivity index is 4.53. The van der Waals surface area contributed by atoms with Crippen molar-refractivity contribution in [3.63, 3.8) is 0 Å². The number of hydrogen-bond donors (Lipinski definition) is 1. The Hall–Kier alpha value is 0.270. The van der Waals surface area contributed by atoms with Crippen molar-refractivity contribution in [1.29, 1.82) is 0 Å². The number of hydroxylamine groups is 1. The van der Waals surface area contributed by atoms with Crippen LogP contribution >= 0.6 is 7.71 Å². The normalized spacial score (nSPS) is 13.6. The highest BCUT2D eigenvalue weighted by Gasteiger charge is 2.43. The molecule has 0 heterocycles. The first-order chi connectivity index (χ1) is 4.83. The van der Waals surface area contributed by atoms with Gasteiger partial charge in [0.05, 0.1) is 13.7 Å². The zero-order valence-electron chi connectivity index (χ0n) is 8.24. The number of nitrogens with zero attached hydrogens (tertiary/aromatic N) is 3. The molecule has 0 aliphatic carbocycles. The molecule has 0 aromatic heterocycles. The molecule has 0 atom stereocenters.